The second-order valence-corrected chi connectivity index (χ2v) is 2.79. The van der Waals surface area contributed by atoms with Crippen molar-refractivity contribution in [3.63, 3.8) is 0 Å². The quantitative estimate of drug-likeness (QED) is 0.585. The number of nitriles is 1. The Labute approximate surface area is 67.6 Å². The minimum Gasteiger partial charge on any atom is -0.361 e. The van der Waals surface area contributed by atoms with Crippen LogP contribution in [0, 0.1) is 11.3 Å². The highest BCUT2D eigenvalue weighted by atomic mass is 16.5. The van der Waals surface area contributed by atoms with Gasteiger partial charge >= 0.3 is 0 Å². The fourth-order valence-corrected chi connectivity index (χ4v) is 1.30. The molecule has 0 aliphatic carbocycles. The van der Waals surface area contributed by atoms with E-state index < -0.39 is 0 Å². The molecule has 1 heterocycles. The standard InChI is InChI=1S/C8H14N2O/c1-2-3-10-4-5-11-8(6-9)7-10/h8H,2-5,7H2,1H3. The molecule has 0 radical (unpaired) electrons. The van der Waals surface area contributed by atoms with E-state index in [1.807, 2.05) is 0 Å². The van der Waals surface area contributed by atoms with Crippen LogP contribution in [0.25, 0.3) is 0 Å². The highest BCUT2D eigenvalue weighted by Gasteiger charge is 2.18. The Hall–Kier alpha value is -0.590. The zero-order valence-electron chi connectivity index (χ0n) is 6.92. The van der Waals surface area contributed by atoms with Crippen molar-refractivity contribution in [2.24, 2.45) is 0 Å². The summed E-state index contributed by atoms with van der Waals surface area (Å²) in [7, 11) is 0. The van der Waals surface area contributed by atoms with Gasteiger partial charge in [0.25, 0.3) is 0 Å². The fraction of sp³-hybridized carbons (Fsp3) is 0.875. The first kappa shape index (κ1) is 8.51. The van der Waals surface area contributed by atoms with Gasteiger partial charge in [0.05, 0.1) is 12.7 Å². The number of ether oxygens (including phenoxy) is 1. The van der Waals surface area contributed by atoms with Crippen molar-refractivity contribution >= 4 is 0 Å². The Morgan fingerprint density at radius 3 is 3.18 bits per heavy atom. The molecule has 1 aliphatic rings. The lowest BCUT2D eigenvalue weighted by atomic mass is 10.3. The molecule has 1 saturated heterocycles. The van der Waals surface area contributed by atoms with Crippen LogP contribution in [0.5, 0.6) is 0 Å². The highest BCUT2D eigenvalue weighted by Crippen LogP contribution is 2.03. The molecule has 0 aromatic carbocycles. The van der Waals surface area contributed by atoms with Crippen molar-refractivity contribution in [1.82, 2.24) is 4.90 Å². The molecule has 0 aromatic heterocycles. The van der Waals surface area contributed by atoms with E-state index in [0.717, 1.165) is 26.1 Å². The van der Waals surface area contributed by atoms with Crippen LogP contribution < -0.4 is 0 Å². The zero-order chi connectivity index (χ0) is 8.10. The molecular formula is C8H14N2O. The average molecular weight is 154 g/mol. The average Bonchev–Trinajstić information content (AvgIpc) is 2.06. The number of hydrogen-bond donors (Lipinski definition) is 0. The van der Waals surface area contributed by atoms with Gasteiger partial charge in [-0.1, -0.05) is 6.92 Å². The normalized spacial score (nSPS) is 26.4. The molecule has 0 N–H and O–H groups in total. The predicted molar refractivity (Wildman–Crippen MR) is 42.1 cm³/mol. The van der Waals surface area contributed by atoms with Gasteiger partial charge in [-0.25, -0.2) is 0 Å². The summed E-state index contributed by atoms with van der Waals surface area (Å²) in [5.74, 6) is 0. The second kappa shape index (κ2) is 4.32. The maximum Gasteiger partial charge on any atom is 0.156 e. The molecule has 1 unspecified atom stereocenters. The minimum absolute atomic E-state index is 0.199. The maximum absolute atomic E-state index is 8.58. The topological polar surface area (TPSA) is 36.3 Å². The molecule has 1 atom stereocenters. The van der Waals surface area contributed by atoms with E-state index in [2.05, 4.69) is 17.9 Å². The van der Waals surface area contributed by atoms with E-state index in [1.54, 1.807) is 0 Å². The third-order valence-corrected chi connectivity index (χ3v) is 1.83. The van der Waals surface area contributed by atoms with Crippen molar-refractivity contribution in [3.8, 4) is 6.07 Å². The van der Waals surface area contributed by atoms with Gasteiger partial charge < -0.3 is 4.74 Å². The van der Waals surface area contributed by atoms with Crippen LogP contribution in [0.15, 0.2) is 0 Å². The molecule has 0 aromatic rings. The van der Waals surface area contributed by atoms with Gasteiger partial charge in [-0.2, -0.15) is 5.26 Å². The molecule has 11 heavy (non-hydrogen) atoms. The van der Waals surface area contributed by atoms with Gasteiger partial charge in [-0.3, -0.25) is 4.90 Å². The van der Waals surface area contributed by atoms with Crippen molar-refractivity contribution < 1.29 is 4.74 Å². The lowest BCUT2D eigenvalue weighted by Crippen LogP contribution is -2.41. The summed E-state index contributed by atoms with van der Waals surface area (Å²) in [6, 6.07) is 2.13. The monoisotopic (exact) mass is 154 g/mol. The minimum atomic E-state index is -0.199. The Morgan fingerprint density at radius 1 is 1.73 bits per heavy atom. The maximum atomic E-state index is 8.58. The van der Waals surface area contributed by atoms with Gasteiger partial charge in [0.2, 0.25) is 0 Å². The van der Waals surface area contributed by atoms with Gasteiger partial charge in [-0.15, -0.1) is 0 Å². The highest BCUT2D eigenvalue weighted by molar-refractivity contribution is 4.88. The molecule has 62 valence electrons. The summed E-state index contributed by atoms with van der Waals surface area (Å²) in [5.41, 5.74) is 0. The predicted octanol–water partition coefficient (Wildman–Crippen LogP) is 0.621. The first-order valence-electron chi connectivity index (χ1n) is 4.10. The van der Waals surface area contributed by atoms with Crippen molar-refractivity contribution in [3.05, 3.63) is 0 Å². The third kappa shape index (κ3) is 2.49. The van der Waals surface area contributed by atoms with Crippen LogP contribution >= 0.6 is 0 Å². The summed E-state index contributed by atoms with van der Waals surface area (Å²) >= 11 is 0. The van der Waals surface area contributed by atoms with Crippen LogP contribution in [-0.2, 0) is 4.74 Å². The third-order valence-electron chi connectivity index (χ3n) is 1.83. The van der Waals surface area contributed by atoms with Crippen LogP contribution in [-0.4, -0.2) is 37.2 Å². The summed E-state index contributed by atoms with van der Waals surface area (Å²) in [4.78, 5) is 2.28. The molecule has 1 rings (SSSR count). The second-order valence-electron chi connectivity index (χ2n) is 2.79. The molecule has 1 fully saturated rings. The molecule has 3 nitrogen and oxygen atoms in total. The van der Waals surface area contributed by atoms with Crippen LogP contribution in [0.2, 0.25) is 0 Å². The van der Waals surface area contributed by atoms with E-state index in [1.165, 1.54) is 0 Å². The van der Waals surface area contributed by atoms with Gasteiger partial charge in [0.1, 0.15) is 0 Å². The lowest BCUT2D eigenvalue weighted by molar-refractivity contribution is 0.000696. The Morgan fingerprint density at radius 2 is 2.55 bits per heavy atom. The van der Waals surface area contributed by atoms with Crippen LogP contribution in [0.1, 0.15) is 13.3 Å². The van der Waals surface area contributed by atoms with Crippen molar-refractivity contribution in [2.45, 2.75) is 19.4 Å². The lowest BCUT2D eigenvalue weighted by Gasteiger charge is -2.29. The number of hydrogen-bond acceptors (Lipinski definition) is 3. The molecule has 3 heteroatoms. The fourth-order valence-electron chi connectivity index (χ4n) is 1.30. The SMILES string of the molecule is CCCN1CCOC(C#N)C1. The molecular weight excluding hydrogens is 140 g/mol. The number of nitrogens with zero attached hydrogens (tertiary/aromatic N) is 2. The van der Waals surface area contributed by atoms with E-state index in [4.69, 9.17) is 10.00 Å². The van der Waals surface area contributed by atoms with Crippen molar-refractivity contribution in [1.29, 1.82) is 5.26 Å². The molecule has 1 aliphatic heterocycles. The van der Waals surface area contributed by atoms with Crippen LogP contribution in [0.3, 0.4) is 0 Å². The Kier molecular flexibility index (Phi) is 3.34. The Bertz CT molecular complexity index is 151. The van der Waals surface area contributed by atoms with E-state index in [0.29, 0.717) is 6.61 Å². The van der Waals surface area contributed by atoms with E-state index >= 15 is 0 Å². The van der Waals surface area contributed by atoms with Crippen LogP contribution in [0.4, 0.5) is 0 Å². The van der Waals surface area contributed by atoms with Gasteiger partial charge in [-0.05, 0) is 13.0 Å². The summed E-state index contributed by atoms with van der Waals surface area (Å²) in [5, 5.41) is 8.58. The summed E-state index contributed by atoms with van der Waals surface area (Å²) in [6.07, 6.45) is 0.952. The van der Waals surface area contributed by atoms with E-state index in [9.17, 15) is 0 Å². The molecule has 0 amide bonds. The number of rotatable bonds is 2. The molecule has 0 bridgehead atoms. The first-order chi connectivity index (χ1) is 5.36. The first-order valence-corrected chi connectivity index (χ1v) is 4.10. The van der Waals surface area contributed by atoms with E-state index in [-0.39, 0.29) is 6.10 Å². The molecule has 0 saturated carbocycles. The van der Waals surface area contributed by atoms with Crippen molar-refractivity contribution in [2.75, 3.05) is 26.2 Å². The van der Waals surface area contributed by atoms with Gasteiger partial charge in [0, 0.05) is 13.1 Å². The van der Waals surface area contributed by atoms with Gasteiger partial charge in [0.15, 0.2) is 6.10 Å². The molecule has 0 spiro atoms. The number of morpholine rings is 1. The Balaban J connectivity index is 2.29. The smallest absolute Gasteiger partial charge is 0.156 e. The summed E-state index contributed by atoms with van der Waals surface area (Å²) in [6.45, 7) is 5.70. The zero-order valence-corrected chi connectivity index (χ0v) is 6.92. The summed E-state index contributed by atoms with van der Waals surface area (Å²) < 4.78 is 5.20. The largest absolute Gasteiger partial charge is 0.361 e.